The number of benzene rings is 1. The second-order valence-corrected chi connectivity index (χ2v) is 6.12. The zero-order chi connectivity index (χ0) is 15.9. The van der Waals surface area contributed by atoms with Crippen LogP contribution in [0.1, 0.15) is 38.8 Å². The molecule has 4 nitrogen and oxygen atoms in total. The normalized spacial score (nSPS) is 21.3. The van der Waals surface area contributed by atoms with E-state index in [-0.39, 0.29) is 42.8 Å². The second-order valence-electron chi connectivity index (χ2n) is 6.12. The Morgan fingerprint density at radius 3 is 2.42 bits per heavy atom. The van der Waals surface area contributed by atoms with E-state index in [2.05, 4.69) is 36.3 Å². The van der Waals surface area contributed by atoms with Gasteiger partial charge in [0, 0.05) is 12.6 Å². The molecule has 1 amide bonds. The minimum absolute atomic E-state index is 0. The molecule has 1 aliphatic heterocycles. The molecule has 2 N–H and O–H groups in total. The summed E-state index contributed by atoms with van der Waals surface area (Å²) in [7, 11) is 0. The zero-order valence-corrected chi connectivity index (χ0v) is 16.5. The molecule has 24 heavy (non-hydrogen) atoms. The Morgan fingerprint density at radius 1 is 1.25 bits per heavy atom. The highest BCUT2D eigenvalue weighted by molar-refractivity contribution is 5.85. The number of hydrogen-bond donors (Lipinski definition) is 2. The van der Waals surface area contributed by atoms with Gasteiger partial charge in [-0.2, -0.15) is 0 Å². The molecule has 1 aromatic carbocycles. The molecular formula is C18H31Cl2N3O. The first-order valence-electron chi connectivity index (χ1n) is 8.47. The molecule has 0 aromatic heterocycles. The van der Waals surface area contributed by atoms with Crippen molar-refractivity contribution >= 4 is 30.7 Å². The monoisotopic (exact) mass is 375 g/mol. The number of halogens is 2. The number of likely N-dealkylation sites (N-methyl/N-ethyl adjacent to an activating group) is 1. The number of rotatable bonds is 6. The van der Waals surface area contributed by atoms with E-state index in [9.17, 15) is 4.79 Å². The lowest BCUT2D eigenvalue weighted by Gasteiger charge is -2.34. The van der Waals surface area contributed by atoms with Gasteiger partial charge in [0.25, 0.3) is 0 Å². The summed E-state index contributed by atoms with van der Waals surface area (Å²) in [6.45, 7) is 10.1. The van der Waals surface area contributed by atoms with Gasteiger partial charge >= 0.3 is 0 Å². The van der Waals surface area contributed by atoms with Gasteiger partial charge in [0.15, 0.2) is 0 Å². The van der Waals surface area contributed by atoms with Crippen LogP contribution in [-0.2, 0) is 4.79 Å². The molecule has 3 atom stereocenters. The molecule has 6 heteroatoms. The highest BCUT2D eigenvalue weighted by Gasteiger charge is 2.29. The Balaban J connectivity index is 0.00000264. The number of carbonyl (C=O) groups excluding carboxylic acids is 1. The van der Waals surface area contributed by atoms with E-state index in [1.807, 2.05) is 30.3 Å². The lowest BCUT2D eigenvalue weighted by Crippen LogP contribution is -2.53. The van der Waals surface area contributed by atoms with Crippen LogP contribution in [-0.4, -0.2) is 43.0 Å². The maximum absolute atomic E-state index is 12.9. The van der Waals surface area contributed by atoms with Gasteiger partial charge in [0.05, 0.1) is 0 Å². The van der Waals surface area contributed by atoms with Crippen molar-refractivity contribution in [3.05, 3.63) is 35.9 Å². The van der Waals surface area contributed by atoms with E-state index in [4.69, 9.17) is 0 Å². The van der Waals surface area contributed by atoms with Gasteiger partial charge < -0.3 is 10.6 Å². The molecule has 1 saturated heterocycles. The molecule has 2 rings (SSSR count). The topological polar surface area (TPSA) is 44.4 Å². The Labute approximate surface area is 158 Å². The molecule has 0 spiro atoms. The Hall–Kier alpha value is -0.810. The molecule has 1 fully saturated rings. The molecular weight excluding hydrogens is 345 g/mol. The number of piperidine rings is 1. The standard InChI is InChI=1S/C18H29N3O.2ClH/c1-4-21(5-2)17(15-9-7-6-8-10-15)18(22)20-16-13-19-12-11-14(16)3;;/h6-10,14,16-17,19H,4-5,11-13H2,1-3H3,(H,20,22);2*1H. The molecule has 0 saturated carbocycles. The van der Waals surface area contributed by atoms with Gasteiger partial charge in [-0.05, 0) is 37.5 Å². The summed E-state index contributed by atoms with van der Waals surface area (Å²) in [6.07, 6.45) is 1.12. The molecule has 0 bridgehead atoms. The number of carbonyl (C=O) groups is 1. The molecule has 3 unspecified atom stereocenters. The third-order valence-corrected chi connectivity index (χ3v) is 4.70. The Kier molecular flexibility index (Phi) is 11.3. The summed E-state index contributed by atoms with van der Waals surface area (Å²) in [5, 5.41) is 6.65. The van der Waals surface area contributed by atoms with Gasteiger partial charge in [0.1, 0.15) is 6.04 Å². The van der Waals surface area contributed by atoms with E-state index in [0.717, 1.165) is 38.2 Å². The van der Waals surface area contributed by atoms with E-state index < -0.39 is 0 Å². The first-order valence-corrected chi connectivity index (χ1v) is 8.47. The van der Waals surface area contributed by atoms with Crippen molar-refractivity contribution in [2.24, 2.45) is 5.92 Å². The van der Waals surface area contributed by atoms with Crippen molar-refractivity contribution < 1.29 is 4.79 Å². The average molecular weight is 376 g/mol. The second kappa shape index (κ2) is 11.7. The van der Waals surface area contributed by atoms with Crippen LogP contribution in [0.4, 0.5) is 0 Å². The number of nitrogens with one attached hydrogen (secondary N) is 2. The molecule has 1 heterocycles. The highest BCUT2D eigenvalue weighted by atomic mass is 35.5. The summed E-state index contributed by atoms with van der Waals surface area (Å²) in [6, 6.07) is 10.1. The summed E-state index contributed by atoms with van der Waals surface area (Å²) in [5.41, 5.74) is 1.07. The summed E-state index contributed by atoms with van der Waals surface area (Å²) < 4.78 is 0. The largest absolute Gasteiger partial charge is 0.350 e. The van der Waals surface area contributed by atoms with E-state index >= 15 is 0 Å². The maximum atomic E-state index is 12.9. The lowest BCUT2D eigenvalue weighted by atomic mass is 9.94. The fraction of sp³-hybridized carbons (Fsp3) is 0.611. The van der Waals surface area contributed by atoms with Crippen molar-refractivity contribution in [2.75, 3.05) is 26.2 Å². The van der Waals surface area contributed by atoms with Crippen LogP contribution in [0.3, 0.4) is 0 Å². The zero-order valence-electron chi connectivity index (χ0n) is 14.8. The van der Waals surface area contributed by atoms with Crippen LogP contribution in [0.15, 0.2) is 30.3 Å². The first kappa shape index (κ1) is 23.2. The van der Waals surface area contributed by atoms with Crippen molar-refractivity contribution in [1.82, 2.24) is 15.5 Å². The van der Waals surface area contributed by atoms with Crippen molar-refractivity contribution in [3.8, 4) is 0 Å². The Bertz CT molecular complexity index is 469. The van der Waals surface area contributed by atoms with Crippen LogP contribution in [0, 0.1) is 5.92 Å². The van der Waals surface area contributed by atoms with Gasteiger partial charge in [0.2, 0.25) is 5.91 Å². The Morgan fingerprint density at radius 2 is 1.88 bits per heavy atom. The quantitative estimate of drug-likeness (QED) is 0.802. The van der Waals surface area contributed by atoms with Crippen LogP contribution in [0.5, 0.6) is 0 Å². The SMILES string of the molecule is CCN(CC)C(C(=O)NC1CNCCC1C)c1ccccc1.Cl.Cl. The summed E-state index contributed by atoms with van der Waals surface area (Å²) in [4.78, 5) is 15.2. The molecule has 0 aliphatic carbocycles. The smallest absolute Gasteiger partial charge is 0.242 e. The minimum Gasteiger partial charge on any atom is -0.350 e. The number of nitrogens with zero attached hydrogens (tertiary/aromatic N) is 1. The maximum Gasteiger partial charge on any atom is 0.242 e. The van der Waals surface area contributed by atoms with Crippen LogP contribution < -0.4 is 10.6 Å². The number of amides is 1. The average Bonchev–Trinajstić information content (AvgIpc) is 2.55. The van der Waals surface area contributed by atoms with Gasteiger partial charge in [-0.1, -0.05) is 51.1 Å². The fourth-order valence-electron chi connectivity index (χ4n) is 3.20. The summed E-state index contributed by atoms with van der Waals surface area (Å²) in [5.74, 6) is 0.647. The predicted molar refractivity (Wildman–Crippen MR) is 105 cm³/mol. The van der Waals surface area contributed by atoms with Crippen molar-refractivity contribution in [2.45, 2.75) is 39.3 Å². The molecule has 0 radical (unpaired) electrons. The van der Waals surface area contributed by atoms with E-state index in [0.29, 0.717) is 5.92 Å². The van der Waals surface area contributed by atoms with Crippen molar-refractivity contribution in [3.63, 3.8) is 0 Å². The third-order valence-electron chi connectivity index (χ3n) is 4.70. The number of hydrogen-bond acceptors (Lipinski definition) is 3. The lowest BCUT2D eigenvalue weighted by molar-refractivity contribution is -0.127. The van der Waals surface area contributed by atoms with Crippen LogP contribution >= 0.6 is 24.8 Å². The van der Waals surface area contributed by atoms with Gasteiger partial charge in [-0.15, -0.1) is 24.8 Å². The molecule has 1 aromatic rings. The van der Waals surface area contributed by atoms with Crippen LogP contribution in [0.2, 0.25) is 0 Å². The predicted octanol–water partition coefficient (Wildman–Crippen LogP) is 3.03. The van der Waals surface area contributed by atoms with Crippen LogP contribution in [0.25, 0.3) is 0 Å². The summed E-state index contributed by atoms with van der Waals surface area (Å²) >= 11 is 0. The van der Waals surface area contributed by atoms with Crippen molar-refractivity contribution in [1.29, 1.82) is 0 Å². The van der Waals surface area contributed by atoms with E-state index in [1.165, 1.54) is 0 Å². The van der Waals surface area contributed by atoms with Gasteiger partial charge in [-0.25, -0.2) is 0 Å². The first-order chi connectivity index (χ1) is 10.7. The highest BCUT2D eigenvalue weighted by Crippen LogP contribution is 2.22. The fourth-order valence-corrected chi connectivity index (χ4v) is 3.20. The molecule has 1 aliphatic rings. The van der Waals surface area contributed by atoms with Gasteiger partial charge in [-0.3, -0.25) is 9.69 Å². The third kappa shape index (κ3) is 5.92. The van der Waals surface area contributed by atoms with E-state index in [1.54, 1.807) is 0 Å². The molecule has 138 valence electrons. The minimum atomic E-state index is -0.203.